The van der Waals surface area contributed by atoms with E-state index in [9.17, 15) is 9.18 Å². The average molecular weight is 286 g/mol. The molecule has 0 bridgehead atoms. The summed E-state index contributed by atoms with van der Waals surface area (Å²) in [5.74, 6) is 0.0387. The first-order chi connectivity index (χ1) is 10.2. The summed E-state index contributed by atoms with van der Waals surface area (Å²) in [5.41, 5.74) is 5.68. The van der Waals surface area contributed by atoms with Gasteiger partial charge >= 0.3 is 0 Å². The van der Waals surface area contributed by atoms with E-state index in [-0.39, 0.29) is 11.7 Å². The van der Waals surface area contributed by atoms with Gasteiger partial charge in [-0.15, -0.1) is 0 Å². The molecule has 21 heavy (non-hydrogen) atoms. The summed E-state index contributed by atoms with van der Waals surface area (Å²) in [6.45, 7) is 0. The number of hydrogen-bond donors (Lipinski definition) is 2. The van der Waals surface area contributed by atoms with Crippen LogP contribution in [0.2, 0.25) is 0 Å². The second-order valence-corrected chi connectivity index (χ2v) is 5.11. The van der Waals surface area contributed by atoms with Crippen LogP contribution in [0.25, 0.3) is 0 Å². The molecule has 6 heteroatoms. The Bertz CT molecular complexity index is 626. The van der Waals surface area contributed by atoms with Crippen LogP contribution in [0.15, 0.2) is 42.9 Å². The number of nitrogens with one attached hydrogen (secondary N) is 2. The van der Waals surface area contributed by atoms with Gasteiger partial charge in [0.2, 0.25) is 5.91 Å². The lowest BCUT2D eigenvalue weighted by Gasteiger charge is -2.40. The third kappa shape index (κ3) is 2.56. The number of anilines is 1. The number of benzene rings is 1. The number of hydrogen-bond acceptors (Lipinski definition) is 4. The number of amides is 1. The molecule has 0 radical (unpaired) electrons. The number of aromatic nitrogens is 2. The fourth-order valence-electron chi connectivity index (χ4n) is 2.55. The molecule has 1 aromatic carbocycles. The number of halogens is 1. The standard InChI is InChI=1S/C15H15FN4O/c16-12-4-2-11(3-5-12)15(6-1-7-15)14(21)20-19-13-10-17-8-9-18-13/h2-5,8-10H,1,6-7H2,(H,18,19)(H,20,21). The Balaban J connectivity index is 1.73. The molecule has 3 rings (SSSR count). The molecule has 108 valence electrons. The van der Waals surface area contributed by atoms with Crippen molar-refractivity contribution in [2.45, 2.75) is 24.7 Å². The van der Waals surface area contributed by atoms with E-state index in [0.29, 0.717) is 5.82 Å². The normalized spacial score (nSPS) is 15.9. The SMILES string of the molecule is O=C(NNc1cnccn1)C1(c2ccc(F)cc2)CCC1. The van der Waals surface area contributed by atoms with Crippen molar-refractivity contribution in [1.29, 1.82) is 0 Å². The van der Waals surface area contributed by atoms with Gasteiger partial charge in [-0.1, -0.05) is 18.6 Å². The van der Waals surface area contributed by atoms with Crippen molar-refractivity contribution in [3.05, 3.63) is 54.2 Å². The zero-order valence-electron chi connectivity index (χ0n) is 11.3. The molecule has 1 fully saturated rings. The molecule has 5 nitrogen and oxygen atoms in total. The monoisotopic (exact) mass is 286 g/mol. The molecule has 0 spiro atoms. The topological polar surface area (TPSA) is 66.9 Å². The van der Waals surface area contributed by atoms with E-state index in [1.807, 2.05) is 0 Å². The molecule has 0 saturated heterocycles. The van der Waals surface area contributed by atoms with E-state index >= 15 is 0 Å². The highest BCUT2D eigenvalue weighted by atomic mass is 19.1. The summed E-state index contributed by atoms with van der Waals surface area (Å²) in [6, 6.07) is 6.13. The molecule has 1 aliphatic rings. The van der Waals surface area contributed by atoms with E-state index in [1.54, 1.807) is 18.3 Å². The highest BCUT2D eigenvalue weighted by molar-refractivity contribution is 5.89. The molecule has 0 aliphatic heterocycles. The van der Waals surface area contributed by atoms with Crippen LogP contribution in [0.1, 0.15) is 24.8 Å². The fourth-order valence-corrected chi connectivity index (χ4v) is 2.55. The van der Waals surface area contributed by atoms with Crippen molar-refractivity contribution in [2.24, 2.45) is 0 Å². The second kappa shape index (κ2) is 5.47. The lowest BCUT2D eigenvalue weighted by atomic mass is 9.64. The van der Waals surface area contributed by atoms with E-state index in [4.69, 9.17) is 0 Å². The Labute approximate surface area is 121 Å². The Morgan fingerprint density at radius 2 is 1.95 bits per heavy atom. The van der Waals surface area contributed by atoms with Gasteiger partial charge in [-0.2, -0.15) is 0 Å². The van der Waals surface area contributed by atoms with Gasteiger partial charge in [0.15, 0.2) is 5.82 Å². The van der Waals surface area contributed by atoms with Crippen LogP contribution in [-0.4, -0.2) is 15.9 Å². The molecular formula is C15H15FN4O. The first-order valence-electron chi connectivity index (χ1n) is 6.79. The molecule has 2 N–H and O–H groups in total. The Kier molecular flexibility index (Phi) is 3.51. The maximum absolute atomic E-state index is 13.0. The molecule has 1 aliphatic carbocycles. The summed E-state index contributed by atoms with van der Waals surface area (Å²) in [7, 11) is 0. The minimum Gasteiger partial charge on any atom is -0.281 e. The molecule has 1 aromatic heterocycles. The summed E-state index contributed by atoms with van der Waals surface area (Å²) >= 11 is 0. The molecule has 1 amide bonds. The summed E-state index contributed by atoms with van der Waals surface area (Å²) in [6.07, 6.45) is 7.10. The number of carbonyl (C=O) groups excluding carboxylic acids is 1. The predicted molar refractivity (Wildman–Crippen MR) is 75.7 cm³/mol. The van der Waals surface area contributed by atoms with Crippen LogP contribution in [0.5, 0.6) is 0 Å². The minimum atomic E-state index is -0.580. The zero-order chi connectivity index (χ0) is 14.7. The summed E-state index contributed by atoms with van der Waals surface area (Å²) < 4.78 is 13.0. The Hall–Kier alpha value is -2.50. The van der Waals surface area contributed by atoms with Crippen LogP contribution in [-0.2, 0) is 10.2 Å². The molecule has 2 aromatic rings. The molecule has 1 saturated carbocycles. The van der Waals surface area contributed by atoms with Gasteiger partial charge in [0.1, 0.15) is 5.82 Å². The van der Waals surface area contributed by atoms with E-state index in [2.05, 4.69) is 20.8 Å². The van der Waals surface area contributed by atoms with Crippen molar-refractivity contribution in [1.82, 2.24) is 15.4 Å². The van der Waals surface area contributed by atoms with Crippen LogP contribution < -0.4 is 10.9 Å². The third-order valence-corrected chi connectivity index (χ3v) is 3.91. The van der Waals surface area contributed by atoms with Crippen LogP contribution in [0, 0.1) is 5.82 Å². The lowest BCUT2D eigenvalue weighted by molar-refractivity contribution is -0.129. The van der Waals surface area contributed by atoms with Gasteiger partial charge in [-0.25, -0.2) is 9.37 Å². The van der Waals surface area contributed by atoms with Gasteiger partial charge in [0.25, 0.3) is 0 Å². The Morgan fingerprint density at radius 3 is 2.52 bits per heavy atom. The Morgan fingerprint density at radius 1 is 1.19 bits per heavy atom. The van der Waals surface area contributed by atoms with E-state index in [1.165, 1.54) is 24.5 Å². The number of nitrogens with zero attached hydrogens (tertiary/aromatic N) is 2. The molecule has 0 unspecified atom stereocenters. The second-order valence-electron chi connectivity index (χ2n) is 5.11. The fraction of sp³-hybridized carbons (Fsp3) is 0.267. The maximum Gasteiger partial charge on any atom is 0.248 e. The largest absolute Gasteiger partial charge is 0.281 e. The van der Waals surface area contributed by atoms with Gasteiger partial charge in [-0.05, 0) is 30.5 Å². The lowest BCUT2D eigenvalue weighted by Crippen LogP contribution is -2.50. The first kappa shape index (κ1) is 13.5. The van der Waals surface area contributed by atoms with Crippen molar-refractivity contribution in [3.8, 4) is 0 Å². The predicted octanol–water partition coefficient (Wildman–Crippen LogP) is 2.18. The van der Waals surface area contributed by atoms with Gasteiger partial charge in [-0.3, -0.25) is 20.6 Å². The maximum atomic E-state index is 13.0. The van der Waals surface area contributed by atoms with Crippen molar-refractivity contribution in [2.75, 3.05) is 5.43 Å². The quantitative estimate of drug-likeness (QED) is 0.845. The molecule has 0 atom stereocenters. The van der Waals surface area contributed by atoms with Gasteiger partial charge < -0.3 is 0 Å². The summed E-state index contributed by atoms with van der Waals surface area (Å²) in [5, 5.41) is 0. The van der Waals surface area contributed by atoms with Crippen LogP contribution in [0.4, 0.5) is 10.2 Å². The third-order valence-electron chi connectivity index (χ3n) is 3.91. The van der Waals surface area contributed by atoms with Crippen molar-refractivity contribution >= 4 is 11.7 Å². The number of rotatable bonds is 4. The van der Waals surface area contributed by atoms with Crippen molar-refractivity contribution < 1.29 is 9.18 Å². The van der Waals surface area contributed by atoms with E-state index < -0.39 is 5.41 Å². The first-order valence-corrected chi connectivity index (χ1v) is 6.79. The van der Waals surface area contributed by atoms with E-state index in [0.717, 1.165) is 24.8 Å². The van der Waals surface area contributed by atoms with Crippen LogP contribution >= 0.6 is 0 Å². The molecule has 1 heterocycles. The van der Waals surface area contributed by atoms with Gasteiger partial charge in [0, 0.05) is 12.4 Å². The van der Waals surface area contributed by atoms with Crippen molar-refractivity contribution in [3.63, 3.8) is 0 Å². The molecular weight excluding hydrogens is 271 g/mol. The summed E-state index contributed by atoms with van der Waals surface area (Å²) in [4.78, 5) is 20.4. The minimum absolute atomic E-state index is 0.133. The highest BCUT2D eigenvalue weighted by Gasteiger charge is 2.45. The number of carbonyl (C=O) groups is 1. The average Bonchev–Trinajstić information content (AvgIpc) is 2.47. The smallest absolute Gasteiger partial charge is 0.248 e. The highest BCUT2D eigenvalue weighted by Crippen LogP contribution is 2.43. The van der Waals surface area contributed by atoms with Crippen LogP contribution in [0.3, 0.4) is 0 Å². The van der Waals surface area contributed by atoms with Gasteiger partial charge in [0.05, 0.1) is 11.6 Å². The number of hydrazine groups is 1. The zero-order valence-corrected chi connectivity index (χ0v) is 11.3.